The second-order valence-electron chi connectivity index (χ2n) is 5.56. The maximum absolute atomic E-state index is 13.3. The van der Waals surface area contributed by atoms with Gasteiger partial charge in [0.2, 0.25) is 0 Å². The second kappa shape index (κ2) is 7.55. The van der Waals surface area contributed by atoms with E-state index in [-0.39, 0.29) is 22.6 Å². The number of carbonyl (C=O) groups is 1. The number of aromatic carboxylic acids is 1. The summed E-state index contributed by atoms with van der Waals surface area (Å²) < 4.78 is 40.8. The molecule has 0 atom stereocenters. The molecule has 0 radical (unpaired) electrons. The molecule has 0 aliphatic rings. The lowest BCUT2D eigenvalue weighted by Crippen LogP contribution is -2.12. The standard InChI is InChI=1S/C18H19F3N2O2/c1-3-4-5-6-10-14-16(17(24)25)12(2)23(22-14)15-11-8-7-9-13(15)18(19,20)21/h4-5,7-9,11H,3,6,10H2,1-2H3,(H,24,25)/b5-4-. The van der Waals surface area contributed by atoms with Crippen LogP contribution in [-0.4, -0.2) is 20.9 Å². The molecule has 25 heavy (non-hydrogen) atoms. The van der Waals surface area contributed by atoms with Gasteiger partial charge in [-0.25, -0.2) is 9.48 Å². The minimum absolute atomic E-state index is 0.0399. The summed E-state index contributed by atoms with van der Waals surface area (Å²) in [6.07, 6.45) is 1.08. The average molecular weight is 352 g/mol. The van der Waals surface area contributed by atoms with Crippen molar-refractivity contribution in [2.75, 3.05) is 0 Å². The Morgan fingerprint density at radius 3 is 2.56 bits per heavy atom. The lowest BCUT2D eigenvalue weighted by atomic mass is 10.1. The van der Waals surface area contributed by atoms with E-state index in [9.17, 15) is 23.1 Å². The van der Waals surface area contributed by atoms with Crippen LogP contribution in [0, 0.1) is 6.92 Å². The number of rotatable bonds is 6. The molecule has 1 aromatic heterocycles. The van der Waals surface area contributed by atoms with Gasteiger partial charge in [-0.15, -0.1) is 0 Å². The number of halogens is 3. The minimum Gasteiger partial charge on any atom is -0.478 e. The normalized spacial score (nSPS) is 12.0. The summed E-state index contributed by atoms with van der Waals surface area (Å²) in [7, 11) is 0. The third-order valence-electron chi connectivity index (χ3n) is 3.79. The smallest absolute Gasteiger partial charge is 0.418 e. The number of aromatic nitrogens is 2. The van der Waals surface area contributed by atoms with Crippen LogP contribution in [0.2, 0.25) is 0 Å². The van der Waals surface area contributed by atoms with Crippen molar-refractivity contribution < 1.29 is 23.1 Å². The zero-order chi connectivity index (χ0) is 18.6. The van der Waals surface area contributed by atoms with Crippen LogP contribution in [0.15, 0.2) is 36.4 Å². The topological polar surface area (TPSA) is 55.1 Å². The largest absolute Gasteiger partial charge is 0.478 e. The van der Waals surface area contributed by atoms with E-state index in [4.69, 9.17) is 0 Å². The number of nitrogens with zero attached hydrogens (tertiary/aromatic N) is 2. The summed E-state index contributed by atoms with van der Waals surface area (Å²) in [6.45, 7) is 3.45. The van der Waals surface area contributed by atoms with E-state index in [2.05, 4.69) is 5.10 Å². The van der Waals surface area contributed by atoms with Crippen LogP contribution in [0.25, 0.3) is 5.69 Å². The molecule has 0 aliphatic carbocycles. The number of carboxylic acids is 1. The van der Waals surface area contributed by atoms with Crippen molar-refractivity contribution in [3.05, 3.63) is 58.9 Å². The van der Waals surface area contributed by atoms with E-state index in [1.54, 1.807) is 0 Å². The molecule has 4 nitrogen and oxygen atoms in total. The third-order valence-corrected chi connectivity index (χ3v) is 3.79. The van der Waals surface area contributed by atoms with Crippen LogP contribution in [0.3, 0.4) is 0 Å². The minimum atomic E-state index is -4.55. The molecule has 7 heteroatoms. The molecule has 1 N–H and O–H groups in total. The van der Waals surface area contributed by atoms with Crippen LogP contribution in [0.1, 0.15) is 47.1 Å². The molecule has 1 heterocycles. The van der Waals surface area contributed by atoms with Gasteiger partial charge in [-0.3, -0.25) is 0 Å². The number of hydrogen-bond acceptors (Lipinski definition) is 2. The number of carboxylic acid groups (broad SMARTS) is 1. The quantitative estimate of drug-likeness (QED) is 0.760. The van der Waals surface area contributed by atoms with Crippen molar-refractivity contribution in [1.29, 1.82) is 0 Å². The number of hydrogen-bond donors (Lipinski definition) is 1. The molecular weight excluding hydrogens is 333 g/mol. The predicted octanol–water partition coefficient (Wildman–Crippen LogP) is 4.80. The molecule has 1 aromatic carbocycles. The first-order chi connectivity index (χ1) is 11.8. The van der Waals surface area contributed by atoms with Gasteiger partial charge in [0.1, 0.15) is 5.56 Å². The first kappa shape index (κ1) is 18.8. The van der Waals surface area contributed by atoms with Gasteiger partial charge in [0.05, 0.1) is 22.6 Å². The molecule has 0 unspecified atom stereocenters. The van der Waals surface area contributed by atoms with Crippen molar-refractivity contribution in [1.82, 2.24) is 9.78 Å². The SMILES string of the molecule is CC/C=C\CCc1nn(-c2ccccc2C(F)(F)F)c(C)c1C(=O)O. The van der Waals surface area contributed by atoms with Crippen LogP contribution in [-0.2, 0) is 12.6 Å². The predicted molar refractivity (Wildman–Crippen MR) is 88.0 cm³/mol. The van der Waals surface area contributed by atoms with Gasteiger partial charge in [-0.05, 0) is 38.3 Å². The van der Waals surface area contributed by atoms with Crippen LogP contribution in [0.5, 0.6) is 0 Å². The molecule has 2 aromatic rings. The summed E-state index contributed by atoms with van der Waals surface area (Å²) in [5, 5.41) is 13.6. The zero-order valence-corrected chi connectivity index (χ0v) is 14.0. The molecule has 0 saturated carbocycles. The van der Waals surface area contributed by atoms with E-state index in [1.807, 2.05) is 19.1 Å². The van der Waals surface area contributed by atoms with Crippen molar-refractivity contribution in [2.24, 2.45) is 0 Å². The Morgan fingerprint density at radius 1 is 1.28 bits per heavy atom. The molecule has 0 aliphatic heterocycles. The Balaban J connectivity index is 2.54. The molecule has 134 valence electrons. The highest BCUT2D eigenvalue weighted by Gasteiger charge is 2.35. The highest BCUT2D eigenvalue weighted by Crippen LogP contribution is 2.34. The first-order valence-corrected chi connectivity index (χ1v) is 7.90. The number of benzene rings is 1. The van der Waals surface area contributed by atoms with E-state index in [0.29, 0.717) is 12.8 Å². The number of alkyl halides is 3. The second-order valence-corrected chi connectivity index (χ2v) is 5.56. The highest BCUT2D eigenvalue weighted by molar-refractivity contribution is 5.90. The van der Waals surface area contributed by atoms with Crippen molar-refractivity contribution >= 4 is 5.97 Å². The Labute approximate surface area is 143 Å². The van der Waals surface area contributed by atoms with Gasteiger partial charge >= 0.3 is 12.1 Å². The van der Waals surface area contributed by atoms with Gasteiger partial charge in [0.25, 0.3) is 0 Å². The van der Waals surface area contributed by atoms with Crippen molar-refractivity contribution in [3.63, 3.8) is 0 Å². The fourth-order valence-corrected chi connectivity index (χ4v) is 2.65. The lowest BCUT2D eigenvalue weighted by molar-refractivity contribution is -0.137. The molecule has 0 spiro atoms. The van der Waals surface area contributed by atoms with Gasteiger partial charge in [-0.2, -0.15) is 18.3 Å². The van der Waals surface area contributed by atoms with Gasteiger partial charge in [0.15, 0.2) is 0 Å². The molecule has 0 fully saturated rings. The van der Waals surface area contributed by atoms with Gasteiger partial charge < -0.3 is 5.11 Å². The highest BCUT2D eigenvalue weighted by atomic mass is 19.4. The van der Waals surface area contributed by atoms with Crippen LogP contribution < -0.4 is 0 Å². The monoisotopic (exact) mass is 352 g/mol. The number of para-hydroxylation sites is 1. The molecule has 0 bridgehead atoms. The average Bonchev–Trinajstić information content (AvgIpc) is 2.87. The summed E-state index contributed by atoms with van der Waals surface area (Å²) in [5.74, 6) is -1.19. The number of aryl methyl sites for hydroxylation is 1. The fraction of sp³-hybridized carbons (Fsp3) is 0.333. The van der Waals surface area contributed by atoms with Crippen molar-refractivity contribution in [2.45, 2.75) is 39.3 Å². The van der Waals surface area contributed by atoms with Gasteiger partial charge in [0, 0.05) is 0 Å². The Hall–Kier alpha value is -2.57. The summed E-state index contributed by atoms with van der Waals surface area (Å²) in [4.78, 5) is 11.6. The lowest BCUT2D eigenvalue weighted by Gasteiger charge is -2.13. The van der Waals surface area contributed by atoms with Crippen LogP contribution in [0.4, 0.5) is 13.2 Å². The zero-order valence-electron chi connectivity index (χ0n) is 14.0. The van der Waals surface area contributed by atoms with Gasteiger partial charge in [-0.1, -0.05) is 31.2 Å². The third kappa shape index (κ3) is 4.10. The number of allylic oxidation sites excluding steroid dienone is 2. The fourth-order valence-electron chi connectivity index (χ4n) is 2.65. The maximum Gasteiger partial charge on any atom is 0.418 e. The van der Waals surface area contributed by atoms with Crippen molar-refractivity contribution in [3.8, 4) is 5.69 Å². The Kier molecular flexibility index (Phi) is 5.66. The summed E-state index contributed by atoms with van der Waals surface area (Å²) in [5.41, 5.74) is -0.608. The van der Waals surface area contributed by atoms with E-state index in [1.165, 1.54) is 25.1 Å². The van der Waals surface area contributed by atoms with E-state index < -0.39 is 17.7 Å². The molecule has 0 amide bonds. The molecule has 0 saturated heterocycles. The van der Waals surface area contributed by atoms with E-state index in [0.717, 1.165) is 17.2 Å². The molecule has 2 rings (SSSR count). The molecular formula is C18H19F3N2O2. The van der Waals surface area contributed by atoms with Crippen LogP contribution >= 0.6 is 0 Å². The summed E-state index contributed by atoms with van der Waals surface area (Å²) >= 11 is 0. The Morgan fingerprint density at radius 2 is 1.96 bits per heavy atom. The summed E-state index contributed by atoms with van der Waals surface area (Å²) in [6, 6.07) is 5.01. The van der Waals surface area contributed by atoms with E-state index >= 15 is 0 Å². The maximum atomic E-state index is 13.3. The first-order valence-electron chi connectivity index (χ1n) is 7.90. The Bertz CT molecular complexity index is 792.